The van der Waals surface area contributed by atoms with Crippen molar-refractivity contribution < 1.29 is 18.8 Å². The van der Waals surface area contributed by atoms with Crippen molar-refractivity contribution in [3.05, 3.63) is 76.7 Å². The van der Waals surface area contributed by atoms with E-state index in [0.29, 0.717) is 17.1 Å². The Balaban J connectivity index is 1.39. The minimum atomic E-state index is -0.242. The predicted octanol–water partition coefficient (Wildman–Crippen LogP) is 3.82. The average Bonchev–Trinajstić information content (AvgIpc) is 3.15. The van der Waals surface area contributed by atoms with Gasteiger partial charge in [0.05, 0.1) is 16.8 Å². The van der Waals surface area contributed by atoms with Crippen molar-refractivity contribution in [2.24, 2.45) is 11.7 Å². The molecule has 8 heteroatoms. The van der Waals surface area contributed by atoms with Crippen LogP contribution in [0.5, 0.6) is 5.75 Å². The lowest BCUT2D eigenvalue weighted by Crippen LogP contribution is -2.38. The molecule has 0 aliphatic carbocycles. The zero-order valence-corrected chi connectivity index (χ0v) is 19.5. The van der Waals surface area contributed by atoms with Crippen LogP contribution >= 0.6 is 0 Å². The standard InChI is InChI=1S/C26H30N4O4/c1-17-23(18(2)34-29-17)16-33-24-9-4-3-8-22(24)26(32)28-21-7-5-6-19(14-21)15-30-12-10-20(11-13-30)25(27)31/h3-9,14,20H,10-13,15-16H2,1-2H3,(H2,27,31)(H,28,32). The van der Waals surface area contributed by atoms with Gasteiger partial charge in [-0.3, -0.25) is 14.5 Å². The molecule has 8 nitrogen and oxygen atoms in total. The first-order chi connectivity index (χ1) is 16.4. The van der Waals surface area contributed by atoms with E-state index in [2.05, 4.69) is 15.4 Å². The van der Waals surface area contributed by atoms with E-state index in [1.165, 1.54) is 0 Å². The summed E-state index contributed by atoms with van der Waals surface area (Å²) >= 11 is 0. The molecule has 3 N–H and O–H groups in total. The van der Waals surface area contributed by atoms with Gasteiger partial charge in [-0.1, -0.05) is 29.4 Å². The Bertz CT molecular complexity index is 1150. The fourth-order valence-corrected chi connectivity index (χ4v) is 4.22. The van der Waals surface area contributed by atoms with Gasteiger partial charge in [-0.15, -0.1) is 0 Å². The minimum Gasteiger partial charge on any atom is -0.488 e. The number of amides is 2. The Morgan fingerprint density at radius 1 is 1.15 bits per heavy atom. The molecule has 0 radical (unpaired) electrons. The first-order valence-electron chi connectivity index (χ1n) is 11.5. The first-order valence-corrected chi connectivity index (χ1v) is 11.5. The number of nitrogens with zero attached hydrogens (tertiary/aromatic N) is 2. The van der Waals surface area contributed by atoms with Gasteiger partial charge < -0.3 is 20.3 Å². The molecule has 0 atom stereocenters. The van der Waals surface area contributed by atoms with E-state index in [-0.39, 0.29) is 24.3 Å². The number of hydrogen-bond acceptors (Lipinski definition) is 6. The van der Waals surface area contributed by atoms with Crippen LogP contribution in [-0.2, 0) is 17.9 Å². The van der Waals surface area contributed by atoms with Gasteiger partial charge in [-0.25, -0.2) is 0 Å². The lowest BCUT2D eigenvalue weighted by Gasteiger charge is -2.30. The normalized spacial score (nSPS) is 14.6. The molecule has 1 fully saturated rings. The SMILES string of the molecule is Cc1noc(C)c1COc1ccccc1C(=O)Nc1cccc(CN2CCC(C(N)=O)CC2)c1. The summed E-state index contributed by atoms with van der Waals surface area (Å²) in [6.07, 6.45) is 1.58. The molecule has 0 bridgehead atoms. The number of piperidine rings is 1. The molecule has 1 aromatic heterocycles. The average molecular weight is 463 g/mol. The Morgan fingerprint density at radius 3 is 2.62 bits per heavy atom. The zero-order valence-electron chi connectivity index (χ0n) is 19.5. The highest BCUT2D eigenvalue weighted by molar-refractivity contribution is 6.06. The fraction of sp³-hybridized carbons (Fsp3) is 0.346. The summed E-state index contributed by atoms with van der Waals surface area (Å²) in [5.74, 6) is 0.722. The molecule has 0 spiro atoms. The number of likely N-dealkylation sites (tertiary alicyclic amines) is 1. The van der Waals surface area contributed by atoms with E-state index in [9.17, 15) is 9.59 Å². The van der Waals surface area contributed by atoms with E-state index in [1.807, 2.05) is 50.2 Å². The molecule has 4 rings (SSSR count). The van der Waals surface area contributed by atoms with Gasteiger partial charge in [-0.05, 0) is 69.6 Å². The quantitative estimate of drug-likeness (QED) is 0.527. The van der Waals surface area contributed by atoms with Crippen LogP contribution in [0.2, 0.25) is 0 Å². The van der Waals surface area contributed by atoms with Gasteiger partial charge in [0.2, 0.25) is 5.91 Å². The van der Waals surface area contributed by atoms with Crippen LogP contribution in [0, 0.1) is 19.8 Å². The molecule has 2 amide bonds. The number of carbonyl (C=O) groups is 2. The number of ether oxygens (including phenoxy) is 1. The maximum atomic E-state index is 13.1. The number of primary amides is 1. The third-order valence-corrected chi connectivity index (χ3v) is 6.27. The number of nitrogens with two attached hydrogens (primary N) is 1. The van der Waals surface area contributed by atoms with Crippen molar-refractivity contribution >= 4 is 17.5 Å². The van der Waals surface area contributed by atoms with E-state index in [4.69, 9.17) is 15.0 Å². The van der Waals surface area contributed by atoms with Gasteiger partial charge >= 0.3 is 0 Å². The van der Waals surface area contributed by atoms with Crippen LogP contribution in [0.15, 0.2) is 53.1 Å². The van der Waals surface area contributed by atoms with Crippen molar-refractivity contribution in [2.45, 2.75) is 39.8 Å². The van der Waals surface area contributed by atoms with Crippen molar-refractivity contribution in [2.75, 3.05) is 18.4 Å². The molecule has 0 saturated carbocycles. The number of rotatable bonds is 8. The maximum absolute atomic E-state index is 13.1. The molecule has 34 heavy (non-hydrogen) atoms. The Labute approximate surface area is 199 Å². The largest absolute Gasteiger partial charge is 0.488 e. The molecule has 1 saturated heterocycles. The van der Waals surface area contributed by atoms with Crippen molar-refractivity contribution in [3.8, 4) is 5.75 Å². The third-order valence-electron chi connectivity index (χ3n) is 6.27. The van der Waals surface area contributed by atoms with Crippen LogP contribution in [0.1, 0.15) is 45.8 Å². The fourth-order valence-electron chi connectivity index (χ4n) is 4.22. The van der Waals surface area contributed by atoms with Crippen molar-refractivity contribution in [1.82, 2.24) is 10.1 Å². The number of para-hydroxylation sites is 1. The molecule has 1 aliphatic heterocycles. The lowest BCUT2D eigenvalue weighted by atomic mass is 9.96. The molecule has 2 aromatic carbocycles. The molecule has 0 unspecified atom stereocenters. The van der Waals surface area contributed by atoms with Gasteiger partial charge in [0, 0.05) is 18.2 Å². The third kappa shape index (κ3) is 5.63. The summed E-state index contributed by atoms with van der Waals surface area (Å²) in [7, 11) is 0. The highest BCUT2D eigenvalue weighted by atomic mass is 16.5. The molecule has 178 valence electrons. The molecular weight excluding hydrogens is 432 g/mol. The van der Waals surface area contributed by atoms with E-state index < -0.39 is 0 Å². The van der Waals surface area contributed by atoms with Crippen LogP contribution in [-0.4, -0.2) is 35.0 Å². The minimum absolute atomic E-state index is 0.0261. The second-order valence-corrected chi connectivity index (χ2v) is 8.69. The van der Waals surface area contributed by atoms with Gasteiger partial charge in [-0.2, -0.15) is 0 Å². The predicted molar refractivity (Wildman–Crippen MR) is 128 cm³/mol. The second-order valence-electron chi connectivity index (χ2n) is 8.69. The maximum Gasteiger partial charge on any atom is 0.259 e. The number of aryl methyl sites for hydroxylation is 2. The Kier molecular flexibility index (Phi) is 7.27. The number of anilines is 1. The summed E-state index contributed by atoms with van der Waals surface area (Å²) in [5.41, 5.74) is 9.35. The molecule has 2 heterocycles. The van der Waals surface area contributed by atoms with Crippen molar-refractivity contribution in [1.29, 1.82) is 0 Å². The second kappa shape index (κ2) is 10.5. The monoisotopic (exact) mass is 462 g/mol. The van der Waals surface area contributed by atoms with Crippen LogP contribution in [0.25, 0.3) is 0 Å². The molecule has 3 aromatic rings. The number of hydrogen-bond donors (Lipinski definition) is 2. The lowest BCUT2D eigenvalue weighted by molar-refractivity contribution is -0.123. The van der Waals surface area contributed by atoms with Gasteiger partial charge in [0.1, 0.15) is 18.1 Å². The summed E-state index contributed by atoms with van der Waals surface area (Å²) in [6.45, 7) is 6.39. The molecule has 1 aliphatic rings. The van der Waals surface area contributed by atoms with Gasteiger partial charge in [0.15, 0.2) is 0 Å². The first kappa shape index (κ1) is 23.5. The van der Waals surface area contributed by atoms with E-state index in [0.717, 1.165) is 55.0 Å². The van der Waals surface area contributed by atoms with Crippen LogP contribution in [0.3, 0.4) is 0 Å². The highest BCUT2D eigenvalue weighted by Crippen LogP contribution is 2.24. The van der Waals surface area contributed by atoms with E-state index >= 15 is 0 Å². The van der Waals surface area contributed by atoms with Crippen LogP contribution in [0.4, 0.5) is 5.69 Å². The summed E-state index contributed by atoms with van der Waals surface area (Å²) in [5, 5.41) is 6.93. The summed E-state index contributed by atoms with van der Waals surface area (Å²) in [4.78, 5) is 26.7. The zero-order chi connectivity index (χ0) is 24.1. The molecular formula is C26H30N4O4. The number of benzene rings is 2. The van der Waals surface area contributed by atoms with Crippen molar-refractivity contribution in [3.63, 3.8) is 0 Å². The number of aromatic nitrogens is 1. The summed E-state index contributed by atoms with van der Waals surface area (Å²) in [6, 6.07) is 15.0. The van der Waals surface area contributed by atoms with E-state index in [1.54, 1.807) is 12.1 Å². The Hall–Kier alpha value is -3.65. The topological polar surface area (TPSA) is 111 Å². The number of carbonyl (C=O) groups excluding carboxylic acids is 2. The van der Waals surface area contributed by atoms with Gasteiger partial charge in [0.25, 0.3) is 5.91 Å². The summed E-state index contributed by atoms with van der Waals surface area (Å²) < 4.78 is 11.1. The smallest absolute Gasteiger partial charge is 0.259 e. The number of nitrogens with one attached hydrogen (secondary N) is 1. The highest BCUT2D eigenvalue weighted by Gasteiger charge is 2.23. The van der Waals surface area contributed by atoms with Crippen LogP contribution < -0.4 is 15.8 Å². The Morgan fingerprint density at radius 2 is 1.91 bits per heavy atom.